The number of hydrogen-bond donors (Lipinski definition) is 4. The SMILES string of the molecule is CC(c1cc(Br)c2c(c1NC(=O)NS(=N)(=O)c1cnc(C(C)(C)O)s1)CC2)C1CC1. The van der Waals surface area contributed by atoms with Gasteiger partial charge < -0.3 is 10.4 Å². The van der Waals surface area contributed by atoms with Gasteiger partial charge >= 0.3 is 6.03 Å². The number of urea groups is 1. The van der Waals surface area contributed by atoms with Crippen molar-refractivity contribution < 1.29 is 14.1 Å². The normalized spacial score (nSPS) is 18.7. The molecule has 2 unspecified atom stereocenters. The molecule has 2 aromatic rings. The van der Waals surface area contributed by atoms with Gasteiger partial charge in [0.1, 0.15) is 14.8 Å². The molecule has 4 N–H and O–H groups in total. The highest BCUT2D eigenvalue weighted by Gasteiger charge is 2.34. The van der Waals surface area contributed by atoms with E-state index in [-0.39, 0.29) is 4.21 Å². The van der Waals surface area contributed by atoms with Crippen LogP contribution in [0.3, 0.4) is 0 Å². The molecule has 1 fully saturated rings. The maximum Gasteiger partial charge on any atom is 0.331 e. The number of aromatic nitrogens is 1. The molecule has 10 heteroatoms. The third-order valence-electron chi connectivity index (χ3n) is 5.74. The fourth-order valence-corrected chi connectivity index (χ4v) is 6.52. The van der Waals surface area contributed by atoms with Gasteiger partial charge in [-0.2, -0.15) is 0 Å². The zero-order valence-electron chi connectivity index (χ0n) is 17.0. The van der Waals surface area contributed by atoms with Crippen LogP contribution in [-0.2, 0) is 28.4 Å². The molecular formula is C20H25BrN4O3S2. The van der Waals surface area contributed by atoms with Gasteiger partial charge in [0.05, 0.1) is 6.20 Å². The molecule has 2 aliphatic rings. The van der Waals surface area contributed by atoms with Crippen LogP contribution in [0.5, 0.6) is 0 Å². The van der Waals surface area contributed by atoms with Gasteiger partial charge in [0.25, 0.3) is 0 Å². The summed E-state index contributed by atoms with van der Waals surface area (Å²) in [6.45, 7) is 5.31. The summed E-state index contributed by atoms with van der Waals surface area (Å²) in [5, 5.41) is 13.3. The van der Waals surface area contributed by atoms with Gasteiger partial charge in [-0.25, -0.2) is 23.5 Å². The molecule has 2 aliphatic carbocycles. The van der Waals surface area contributed by atoms with E-state index in [4.69, 9.17) is 4.78 Å². The van der Waals surface area contributed by atoms with E-state index in [1.165, 1.54) is 24.6 Å². The predicted octanol–water partition coefficient (Wildman–Crippen LogP) is 4.89. The van der Waals surface area contributed by atoms with Crippen LogP contribution in [-0.4, -0.2) is 20.3 Å². The molecule has 0 aliphatic heterocycles. The van der Waals surface area contributed by atoms with E-state index < -0.39 is 21.5 Å². The van der Waals surface area contributed by atoms with Crippen LogP contribution in [0.2, 0.25) is 0 Å². The number of nitrogens with zero attached hydrogens (tertiary/aromatic N) is 1. The number of fused-ring (bicyclic) bond motifs is 1. The number of nitrogens with one attached hydrogen (secondary N) is 3. The van der Waals surface area contributed by atoms with E-state index in [0.717, 1.165) is 45.5 Å². The lowest BCUT2D eigenvalue weighted by Crippen LogP contribution is -2.34. The van der Waals surface area contributed by atoms with Crippen LogP contribution >= 0.6 is 27.3 Å². The van der Waals surface area contributed by atoms with Crippen molar-refractivity contribution in [3.05, 3.63) is 38.4 Å². The number of rotatable bonds is 6. The monoisotopic (exact) mass is 512 g/mol. The molecule has 2 amide bonds. The molecule has 4 rings (SSSR count). The van der Waals surface area contributed by atoms with Gasteiger partial charge in [0.15, 0.2) is 9.92 Å². The number of amides is 2. The highest BCUT2D eigenvalue weighted by Crippen LogP contribution is 2.48. The summed E-state index contributed by atoms with van der Waals surface area (Å²) >= 11 is 4.62. The molecule has 30 heavy (non-hydrogen) atoms. The van der Waals surface area contributed by atoms with E-state index >= 15 is 0 Å². The van der Waals surface area contributed by atoms with Crippen molar-refractivity contribution in [1.82, 2.24) is 9.71 Å². The van der Waals surface area contributed by atoms with Crippen LogP contribution in [0.4, 0.5) is 10.5 Å². The number of aliphatic hydroxyl groups is 1. The number of carbonyl (C=O) groups excluding carboxylic acids is 1. The molecule has 1 aromatic carbocycles. The van der Waals surface area contributed by atoms with Gasteiger partial charge in [-0.3, -0.25) is 0 Å². The molecule has 0 spiro atoms. The topological polar surface area (TPSA) is 115 Å². The first-order valence-corrected chi connectivity index (χ1v) is 13.0. The molecule has 7 nitrogen and oxygen atoms in total. The minimum atomic E-state index is -3.60. The zero-order valence-corrected chi connectivity index (χ0v) is 20.3. The first-order valence-electron chi connectivity index (χ1n) is 9.87. The minimum Gasteiger partial charge on any atom is -0.383 e. The summed E-state index contributed by atoms with van der Waals surface area (Å²) in [5.41, 5.74) is 2.97. The average molecular weight is 513 g/mol. The highest BCUT2D eigenvalue weighted by molar-refractivity contribution is 9.10. The summed E-state index contributed by atoms with van der Waals surface area (Å²) in [6, 6.07) is 1.42. The summed E-state index contributed by atoms with van der Waals surface area (Å²) in [7, 11) is -3.60. The Kier molecular flexibility index (Phi) is 5.49. The van der Waals surface area contributed by atoms with Crippen LogP contribution < -0.4 is 10.0 Å². The van der Waals surface area contributed by atoms with Gasteiger partial charge in [0.2, 0.25) is 0 Å². The largest absolute Gasteiger partial charge is 0.383 e. The fourth-order valence-electron chi connectivity index (χ4n) is 3.74. The molecular weight excluding hydrogens is 488 g/mol. The molecule has 1 aromatic heterocycles. The third kappa shape index (κ3) is 4.15. The number of thiazole rings is 1. The van der Waals surface area contributed by atoms with E-state index in [9.17, 15) is 14.1 Å². The van der Waals surface area contributed by atoms with Crippen molar-refractivity contribution >= 4 is 48.9 Å². The number of halogens is 1. The first kappa shape index (κ1) is 21.7. The Balaban J connectivity index is 1.57. The minimum absolute atomic E-state index is 0.102. The van der Waals surface area contributed by atoms with Crippen molar-refractivity contribution in [3.8, 4) is 0 Å². The van der Waals surface area contributed by atoms with Crippen molar-refractivity contribution in [2.75, 3.05) is 5.32 Å². The van der Waals surface area contributed by atoms with Crippen LogP contribution in [0.1, 0.15) is 61.2 Å². The predicted molar refractivity (Wildman–Crippen MR) is 121 cm³/mol. The quantitative estimate of drug-likeness (QED) is 0.440. The summed E-state index contributed by atoms with van der Waals surface area (Å²) in [5.74, 6) is 0.940. The average Bonchev–Trinajstić information content (AvgIpc) is 3.29. The Bertz CT molecular complexity index is 1120. The molecule has 0 bridgehead atoms. The number of carbonyl (C=O) groups is 1. The lowest BCUT2D eigenvalue weighted by molar-refractivity contribution is 0.0783. The zero-order chi connectivity index (χ0) is 21.8. The Morgan fingerprint density at radius 1 is 1.40 bits per heavy atom. The first-order chi connectivity index (χ1) is 14.0. The van der Waals surface area contributed by atoms with Crippen molar-refractivity contribution in [1.29, 1.82) is 4.78 Å². The Hall–Kier alpha value is -1.49. The lowest BCUT2D eigenvalue weighted by atomic mass is 9.82. The maximum absolute atomic E-state index is 12.9. The Labute approximate surface area is 188 Å². The molecule has 0 radical (unpaired) electrons. The van der Waals surface area contributed by atoms with Gasteiger partial charge in [-0.05, 0) is 74.1 Å². The van der Waals surface area contributed by atoms with Crippen molar-refractivity contribution in [2.24, 2.45) is 5.92 Å². The summed E-state index contributed by atoms with van der Waals surface area (Å²) in [6.07, 6.45) is 5.50. The van der Waals surface area contributed by atoms with E-state index in [0.29, 0.717) is 16.8 Å². The van der Waals surface area contributed by atoms with Crippen LogP contribution in [0, 0.1) is 10.7 Å². The number of hydrogen-bond acceptors (Lipinski definition) is 6. The van der Waals surface area contributed by atoms with Gasteiger partial charge in [-0.15, -0.1) is 11.3 Å². The van der Waals surface area contributed by atoms with Gasteiger partial charge in [-0.1, -0.05) is 22.9 Å². The third-order valence-corrected chi connectivity index (χ3v) is 9.65. The standard InChI is InChI=1S/C20H25BrN4O3S2/c1-10(11-4-5-11)14-8-15(21)12-6-7-13(12)17(14)24-19(26)25-30(22,28)16-9-23-18(29-16)20(2,3)27/h8-11,27H,4-7H2,1-3H3,(H3,22,24,25,26,28). The Morgan fingerprint density at radius 3 is 2.60 bits per heavy atom. The highest BCUT2D eigenvalue weighted by atomic mass is 79.9. The molecule has 2 atom stereocenters. The molecule has 0 saturated heterocycles. The lowest BCUT2D eigenvalue weighted by Gasteiger charge is -2.29. The second-order valence-electron chi connectivity index (χ2n) is 8.56. The summed E-state index contributed by atoms with van der Waals surface area (Å²) in [4.78, 5) is 16.8. The summed E-state index contributed by atoms with van der Waals surface area (Å²) < 4.78 is 24.5. The molecule has 1 heterocycles. The van der Waals surface area contributed by atoms with Crippen molar-refractivity contribution in [3.63, 3.8) is 0 Å². The fraction of sp³-hybridized carbons (Fsp3) is 0.500. The van der Waals surface area contributed by atoms with E-state index in [1.807, 2.05) is 0 Å². The van der Waals surface area contributed by atoms with Crippen molar-refractivity contribution in [2.45, 2.75) is 62.2 Å². The second-order valence-corrected chi connectivity index (χ2v) is 12.5. The number of benzene rings is 1. The van der Waals surface area contributed by atoms with Crippen LogP contribution in [0.25, 0.3) is 0 Å². The Morgan fingerprint density at radius 2 is 2.07 bits per heavy atom. The molecule has 162 valence electrons. The van der Waals surface area contributed by atoms with E-state index in [1.54, 1.807) is 13.8 Å². The van der Waals surface area contributed by atoms with E-state index in [2.05, 4.69) is 43.9 Å². The maximum atomic E-state index is 12.9. The number of anilines is 1. The second kappa shape index (κ2) is 7.58. The smallest absolute Gasteiger partial charge is 0.331 e. The van der Waals surface area contributed by atoms with Crippen LogP contribution in [0.15, 0.2) is 20.9 Å². The molecule has 1 saturated carbocycles. The van der Waals surface area contributed by atoms with Gasteiger partial charge in [0, 0.05) is 10.2 Å².